The number of rotatable bonds is 7. The lowest BCUT2D eigenvalue weighted by Crippen LogP contribution is -2.43. The van der Waals surface area contributed by atoms with Gasteiger partial charge in [0.2, 0.25) is 0 Å². The molecule has 7 nitrogen and oxygen atoms in total. The van der Waals surface area contributed by atoms with Crippen molar-refractivity contribution in [1.82, 2.24) is 19.4 Å². The summed E-state index contributed by atoms with van der Waals surface area (Å²) in [4.78, 5) is 21.7. The molecule has 0 spiro atoms. The highest BCUT2D eigenvalue weighted by Gasteiger charge is 2.39. The van der Waals surface area contributed by atoms with E-state index in [-0.39, 0.29) is 16.2 Å². The van der Waals surface area contributed by atoms with Crippen molar-refractivity contribution in [2.24, 2.45) is 5.73 Å². The minimum atomic E-state index is -4.55. The monoisotopic (exact) mass is 557 g/mol. The number of benzene rings is 2. The van der Waals surface area contributed by atoms with Crippen molar-refractivity contribution < 1.29 is 22.7 Å². The molecule has 206 valence electrons. The Bertz CT molecular complexity index is 1500. The van der Waals surface area contributed by atoms with Crippen LogP contribution in [0.5, 0.6) is 5.75 Å². The number of piperazine rings is 1. The average Bonchev–Trinajstić information content (AvgIpc) is 3.48. The maximum atomic E-state index is 13.7. The topological polar surface area (TPSA) is 76.6 Å². The van der Waals surface area contributed by atoms with E-state index in [9.17, 15) is 18.0 Å². The second-order valence-corrected chi connectivity index (χ2v) is 11.3. The first-order valence-electron chi connectivity index (χ1n) is 12.6. The summed E-state index contributed by atoms with van der Waals surface area (Å²) < 4.78 is 49.1. The maximum absolute atomic E-state index is 13.7. The van der Waals surface area contributed by atoms with E-state index in [4.69, 9.17) is 10.5 Å². The quantitative estimate of drug-likeness (QED) is 0.335. The van der Waals surface area contributed by atoms with Crippen molar-refractivity contribution in [3.05, 3.63) is 76.4 Å². The molecular weight excluding hydrogens is 527 g/mol. The first kappa shape index (κ1) is 27.2. The number of ether oxygens (including phenoxy) is 1. The summed E-state index contributed by atoms with van der Waals surface area (Å²) in [6, 6.07) is 13.0. The van der Waals surface area contributed by atoms with Crippen molar-refractivity contribution in [2.75, 3.05) is 33.2 Å². The molecule has 0 bridgehead atoms. The van der Waals surface area contributed by atoms with E-state index in [1.165, 1.54) is 32.0 Å². The van der Waals surface area contributed by atoms with Crippen LogP contribution in [0, 0.1) is 0 Å². The fourth-order valence-corrected chi connectivity index (χ4v) is 5.83. The third kappa shape index (κ3) is 5.66. The fraction of sp³-hybridized carbons (Fsp3) is 0.357. The minimum absolute atomic E-state index is 0.0395. The number of hydrogen-bond donors (Lipinski definition) is 1. The number of carbonyl (C=O) groups is 1. The van der Waals surface area contributed by atoms with Gasteiger partial charge in [0.15, 0.2) is 0 Å². The standard InChI is InChI=1S/C28H30F3N5O2S/c1-27(2,19-6-4-5-7-20(19)28(29,30)31)38-23-15-24(39-25(23)26(32)37)36-17-33-21-9-8-18(14-22(21)36)16-35-12-10-34(3)11-13-35/h4-9,14-15,17H,10-13,16H2,1-3H3,(H2,32,37). The number of halogens is 3. The Kier molecular flexibility index (Phi) is 7.17. The Morgan fingerprint density at radius 2 is 1.74 bits per heavy atom. The molecule has 3 heterocycles. The third-order valence-corrected chi connectivity index (χ3v) is 8.14. The lowest BCUT2D eigenvalue weighted by Gasteiger charge is -2.32. The van der Waals surface area contributed by atoms with E-state index < -0.39 is 23.2 Å². The number of likely N-dealkylation sites (N-methyl/N-ethyl adjacent to an activating group) is 1. The number of hydrogen-bond acceptors (Lipinski definition) is 6. The fourth-order valence-electron chi connectivity index (χ4n) is 4.90. The van der Waals surface area contributed by atoms with E-state index in [1.54, 1.807) is 12.4 Å². The van der Waals surface area contributed by atoms with E-state index in [1.807, 2.05) is 10.6 Å². The number of nitrogens with two attached hydrogens (primary N) is 1. The molecule has 1 amide bonds. The summed E-state index contributed by atoms with van der Waals surface area (Å²) in [7, 11) is 2.12. The number of amides is 1. The Morgan fingerprint density at radius 3 is 2.41 bits per heavy atom. The average molecular weight is 558 g/mol. The number of primary amides is 1. The summed E-state index contributed by atoms with van der Waals surface area (Å²) in [6.45, 7) is 7.93. The number of fused-ring (bicyclic) bond motifs is 1. The number of carbonyl (C=O) groups excluding carboxylic acids is 1. The van der Waals surface area contributed by atoms with Gasteiger partial charge in [0.1, 0.15) is 27.6 Å². The molecule has 0 atom stereocenters. The van der Waals surface area contributed by atoms with Gasteiger partial charge in [-0.25, -0.2) is 4.98 Å². The van der Waals surface area contributed by atoms with Gasteiger partial charge in [-0.1, -0.05) is 24.3 Å². The molecule has 2 aromatic carbocycles. The molecule has 5 rings (SSSR count). The lowest BCUT2D eigenvalue weighted by molar-refractivity contribution is -0.139. The van der Waals surface area contributed by atoms with Gasteiger partial charge in [-0.3, -0.25) is 14.3 Å². The first-order chi connectivity index (χ1) is 18.4. The largest absolute Gasteiger partial charge is 0.481 e. The first-order valence-corrected chi connectivity index (χ1v) is 13.4. The highest BCUT2D eigenvalue weighted by molar-refractivity contribution is 7.16. The SMILES string of the molecule is CN1CCN(Cc2ccc3ncn(-c4cc(OC(C)(C)c5ccccc5C(F)(F)F)c(C(N)=O)s4)c3c2)CC1. The van der Waals surface area contributed by atoms with E-state index in [0.29, 0.717) is 5.00 Å². The van der Waals surface area contributed by atoms with Crippen molar-refractivity contribution in [3.63, 3.8) is 0 Å². The van der Waals surface area contributed by atoms with Crippen LogP contribution in [0.3, 0.4) is 0 Å². The summed E-state index contributed by atoms with van der Waals surface area (Å²) in [5, 5.41) is 0.623. The molecule has 1 saturated heterocycles. The van der Waals surface area contributed by atoms with Crippen LogP contribution in [0.1, 0.15) is 40.2 Å². The normalized spacial score (nSPS) is 15.6. The Morgan fingerprint density at radius 1 is 1.05 bits per heavy atom. The van der Waals surface area contributed by atoms with Gasteiger partial charge in [-0.2, -0.15) is 13.2 Å². The molecule has 0 saturated carbocycles. The van der Waals surface area contributed by atoms with Crippen LogP contribution >= 0.6 is 11.3 Å². The zero-order valence-corrected chi connectivity index (χ0v) is 22.8. The number of thiophene rings is 1. The van der Waals surface area contributed by atoms with Crippen molar-refractivity contribution in [2.45, 2.75) is 32.2 Å². The van der Waals surface area contributed by atoms with Crippen molar-refractivity contribution in [1.29, 1.82) is 0 Å². The Hall–Kier alpha value is -3.41. The smallest absolute Gasteiger partial charge is 0.416 e. The van der Waals surface area contributed by atoms with Crippen molar-refractivity contribution >= 4 is 28.3 Å². The van der Waals surface area contributed by atoms with Crippen LogP contribution in [0.4, 0.5) is 13.2 Å². The Labute approximate surface area is 228 Å². The zero-order valence-electron chi connectivity index (χ0n) is 22.0. The molecule has 1 aliphatic rings. The van der Waals surface area contributed by atoms with Gasteiger partial charge in [0.05, 0.1) is 16.6 Å². The van der Waals surface area contributed by atoms with Gasteiger partial charge in [0.25, 0.3) is 5.91 Å². The van der Waals surface area contributed by atoms with Crippen LogP contribution in [0.2, 0.25) is 0 Å². The van der Waals surface area contributed by atoms with Crippen LogP contribution in [0.25, 0.3) is 16.0 Å². The number of imidazole rings is 1. The molecule has 4 aromatic rings. The summed E-state index contributed by atoms with van der Waals surface area (Å²) in [5.41, 5.74) is 6.21. The predicted octanol–water partition coefficient (Wildman–Crippen LogP) is 5.27. The second-order valence-electron chi connectivity index (χ2n) is 10.3. The highest BCUT2D eigenvalue weighted by Crippen LogP contribution is 2.41. The molecule has 39 heavy (non-hydrogen) atoms. The van der Waals surface area contributed by atoms with Crippen molar-refractivity contribution in [3.8, 4) is 10.8 Å². The zero-order chi connectivity index (χ0) is 27.9. The number of aromatic nitrogens is 2. The van der Waals surface area contributed by atoms with Crippen LogP contribution in [-0.2, 0) is 18.3 Å². The molecule has 11 heteroatoms. The van der Waals surface area contributed by atoms with Crippen LogP contribution in [0.15, 0.2) is 54.9 Å². The predicted molar refractivity (Wildman–Crippen MR) is 145 cm³/mol. The maximum Gasteiger partial charge on any atom is 0.416 e. The van der Waals surface area contributed by atoms with Gasteiger partial charge < -0.3 is 15.4 Å². The molecule has 1 aliphatic heterocycles. The van der Waals surface area contributed by atoms with Gasteiger partial charge in [-0.15, -0.1) is 11.3 Å². The summed E-state index contributed by atoms with van der Waals surface area (Å²) >= 11 is 1.11. The second kappa shape index (κ2) is 10.3. The number of alkyl halides is 3. The third-order valence-electron chi connectivity index (χ3n) is 7.01. The minimum Gasteiger partial charge on any atom is -0.481 e. The van der Waals surface area contributed by atoms with Gasteiger partial charge in [0, 0.05) is 44.4 Å². The molecule has 2 aromatic heterocycles. The van der Waals surface area contributed by atoms with Gasteiger partial charge >= 0.3 is 6.18 Å². The highest BCUT2D eigenvalue weighted by atomic mass is 32.1. The number of nitrogens with zero attached hydrogens (tertiary/aromatic N) is 4. The summed E-state index contributed by atoms with van der Waals surface area (Å²) in [5.74, 6) is -0.596. The molecule has 0 unspecified atom stereocenters. The molecule has 0 radical (unpaired) electrons. The van der Waals surface area contributed by atoms with Crippen LogP contribution < -0.4 is 10.5 Å². The molecule has 1 fully saturated rings. The van der Waals surface area contributed by atoms with E-state index in [0.717, 1.165) is 66.7 Å². The van der Waals surface area contributed by atoms with Crippen LogP contribution in [-0.4, -0.2) is 58.5 Å². The van der Waals surface area contributed by atoms with Gasteiger partial charge in [-0.05, 0) is 44.7 Å². The lowest BCUT2D eigenvalue weighted by atomic mass is 9.92. The summed E-state index contributed by atoms with van der Waals surface area (Å²) in [6.07, 6.45) is -2.89. The molecule has 0 aliphatic carbocycles. The van der Waals surface area contributed by atoms with E-state index >= 15 is 0 Å². The Balaban J connectivity index is 1.48. The molecule has 2 N–H and O–H groups in total. The molecular formula is C28H30F3N5O2S. The van der Waals surface area contributed by atoms with E-state index in [2.05, 4.69) is 34.0 Å².